The van der Waals surface area contributed by atoms with Gasteiger partial charge in [0.15, 0.2) is 0 Å². The summed E-state index contributed by atoms with van der Waals surface area (Å²) in [5.74, 6) is 1.86. The summed E-state index contributed by atoms with van der Waals surface area (Å²) >= 11 is 0. The first kappa shape index (κ1) is 12.6. The van der Waals surface area contributed by atoms with E-state index in [1.807, 2.05) is 0 Å². The van der Waals surface area contributed by atoms with E-state index in [0.717, 1.165) is 18.4 Å². The fourth-order valence-electron chi connectivity index (χ4n) is 3.04. The summed E-state index contributed by atoms with van der Waals surface area (Å²) < 4.78 is 0. The molecule has 0 amide bonds. The van der Waals surface area contributed by atoms with E-state index in [4.69, 9.17) is 0 Å². The van der Waals surface area contributed by atoms with E-state index in [1.54, 1.807) is 0 Å². The third-order valence-corrected chi connectivity index (χ3v) is 4.18. The fraction of sp³-hybridized carbons (Fsp3) is 0.625. The molecule has 1 fully saturated rings. The van der Waals surface area contributed by atoms with E-state index in [1.165, 1.54) is 42.5 Å². The van der Waals surface area contributed by atoms with Crippen molar-refractivity contribution in [2.45, 2.75) is 46.6 Å². The Kier molecular flexibility index (Phi) is 4.22. The summed E-state index contributed by atoms with van der Waals surface area (Å²) in [5, 5.41) is 3.65. The fourth-order valence-corrected chi connectivity index (χ4v) is 3.04. The lowest BCUT2D eigenvalue weighted by atomic mass is 10.0. The molecule has 0 bridgehead atoms. The Balaban J connectivity index is 1.82. The first-order chi connectivity index (χ1) is 8.16. The van der Waals surface area contributed by atoms with Crippen molar-refractivity contribution in [1.82, 2.24) is 5.32 Å². The van der Waals surface area contributed by atoms with Crippen LogP contribution in [0.2, 0.25) is 0 Å². The molecule has 2 rings (SSSR count). The van der Waals surface area contributed by atoms with Crippen molar-refractivity contribution < 1.29 is 0 Å². The zero-order valence-corrected chi connectivity index (χ0v) is 11.4. The predicted molar refractivity (Wildman–Crippen MR) is 74.1 cm³/mol. The summed E-state index contributed by atoms with van der Waals surface area (Å²) in [6.07, 6.45) is 4.26. The lowest BCUT2D eigenvalue weighted by Gasteiger charge is -2.14. The summed E-state index contributed by atoms with van der Waals surface area (Å²) in [7, 11) is 0. The number of benzene rings is 1. The maximum absolute atomic E-state index is 3.65. The molecule has 94 valence electrons. The van der Waals surface area contributed by atoms with Gasteiger partial charge in [0, 0.05) is 6.54 Å². The highest BCUT2D eigenvalue weighted by Crippen LogP contribution is 2.29. The Bertz CT molecular complexity index is 350. The number of nitrogens with one attached hydrogen (secondary N) is 1. The molecule has 0 aromatic heterocycles. The minimum absolute atomic E-state index is 0.911. The minimum Gasteiger partial charge on any atom is -0.312 e. The predicted octanol–water partition coefficient (Wildman–Crippen LogP) is 3.83. The molecule has 17 heavy (non-hydrogen) atoms. The van der Waals surface area contributed by atoms with Gasteiger partial charge in [-0.2, -0.15) is 0 Å². The summed E-state index contributed by atoms with van der Waals surface area (Å²) in [6, 6.07) is 6.57. The van der Waals surface area contributed by atoms with E-state index in [9.17, 15) is 0 Å². The molecule has 1 aromatic carbocycles. The topological polar surface area (TPSA) is 12.0 Å². The summed E-state index contributed by atoms with van der Waals surface area (Å²) in [5.41, 5.74) is 4.31. The van der Waals surface area contributed by atoms with Crippen molar-refractivity contribution >= 4 is 0 Å². The van der Waals surface area contributed by atoms with E-state index < -0.39 is 0 Å². The molecule has 0 radical (unpaired) electrons. The monoisotopic (exact) mass is 231 g/mol. The van der Waals surface area contributed by atoms with Gasteiger partial charge in [-0.3, -0.25) is 0 Å². The molecule has 0 saturated heterocycles. The Morgan fingerprint density at radius 2 is 1.88 bits per heavy atom. The van der Waals surface area contributed by atoms with E-state index >= 15 is 0 Å². The molecule has 1 aromatic rings. The molecule has 1 aliphatic carbocycles. The lowest BCUT2D eigenvalue weighted by Crippen LogP contribution is -2.21. The van der Waals surface area contributed by atoms with Gasteiger partial charge in [0.1, 0.15) is 0 Å². The van der Waals surface area contributed by atoms with Crippen molar-refractivity contribution in [3.8, 4) is 0 Å². The summed E-state index contributed by atoms with van der Waals surface area (Å²) in [4.78, 5) is 0. The SMILES string of the molecule is Cc1cccc(C)c1CNCC1CCC(C)C1. The Morgan fingerprint density at radius 3 is 2.47 bits per heavy atom. The van der Waals surface area contributed by atoms with Crippen LogP contribution in [0.15, 0.2) is 18.2 Å². The molecule has 0 spiro atoms. The molecule has 1 N–H and O–H groups in total. The van der Waals surface area contributed by atoms with Crippen molar-refractivity contribution in [1.29, 1.82) is 0 Å². The Hall–Kier alpha value is -0.820. The number of hydrogen-bond acceptors (Lipinski definition) is 1. The molecule has 0 heterocycles. The van der Waals surface area contributed by atoms with Crippen LogP contribution in [-0.4, -0.2) is 6.54 Å². The van der Waals surface area contributed by atoms with Crippen LogP contribution in [0.4, 0.5) is 0 Å². The molecule has 0 aliphatic heterocycles. The number of aryl methyl sites for hydroxylation is 2. The molecule has 1 nitrogen and oxygen atoms in total. The van der Waals surface area contributed by atoms with Crippen LogP contribution in [0.5, 0.6) is 0 Å². The van der Waals surface area contributed by atoms with Crippen molar-refractivity contribution in [3.05, 3.63) is 34.9 Å². The van der Waals surface area contributed by atoms with Gasteiger partial charge in [-0.05, 0) is 61.8 Å². The second-order valence-electron chi connectivity index (χ2n) is 5.79. The van der Waals surface area contributed by atoms with Gasteiger partial charge < -0.3 is 5.32 Å². The standard InChI is InChI=1S/C16H25N/c1-12-7-8-15(9-12)10-17-11-16-13(2)5-4-6-14(16)3/h4-6,12,15,17H,7-11H2,1-3H3. The molecule has 2 atom stereocenters. The van der Waals surface area contributed by atoms with Crippen LogP contribution in [0, 0.1) is 25.7 Å². The van der Waals surface area contributed by atoms with Crippen LogP contribution in [0.1, 0.15) is 42.9 Å². The average Bonchev–Trinajstić information content (AvgIpc) is 2.69. The Labute approximate surface area is 106 Å². The maximum Gasteiger partial charge on any atom is 0.0210 e. The average molecular weight is 231 g/mol. The van der Waals surface area contributed by atoms with Crippen LogP contribution in [-0.2, 0) is 6.54 Å². The zero-order valence-electron chi connectivity index (χ0n) is 11.4. The van der Waals surface area contributed by atoms with Gasteiger partial charge in [-0.25, -0.2) is 0 Å². The second-order valence-corrected chi connectivity index (χ2v) is 5.79. The van der Waals surface area contributed by atoms with Crippen LogP contribution in [0.3, 0.4) is 0 Å². The largest absolute Gasteiger partial charge is 0.312 e. The molecule has 2 unspecified atom stereocenters. The Morgan fingerprint density at radius 1 is 1.18 bits per heavy atom. The van der Waals surface area contributed by atoms with Gasteiger partial charge in [0.25, 0.3) is 0 Å². The number of rotatable bonds is 4. The highest BCUT2D eigenvalue weighted by molar-refractivity contribution is 5.33. The van der Waals surface area contributed by atoms with Crippen molar-refractivity contribution in [2.24, 2.45) is 11.8 Å². The first-order valence-electron chi connectivity index (χ1n) is 6.92. The highest BCUT2D eigenvalue weighted by Gasteiger charge is 2.20. The first-order valence-corrected chi connectivity index (χ1v) is 6.92. The zero-order chi connectivity index (χ0) is 12.3. The third-order valence-electron chi connectivity index (χ3n) is 4.18. The normalized spacial score (nSPS) is 24.2. The molecule has 1 saturated carbocycles. The van der Waals surface area contributed by atoms with Gasteiger partial charge >= 0.3 is 0 Å². The third kappa shape index (κ3) is 3.32. The summed E-state index contributed by atoms with van der Waals surface area (Å²) in [6.45, 7) is 9.02. The second kappa shape index (κ2) is 5.68. The molecule has 1 aliphatic rings. The maximum atomic E-state index is 3.65. The van der Waals surface area contributed by atoms with Gasteiger partial charge in [0.2, 0.25) is 0 Å². The lowest BCUT2D eigenvalue weighted by molar-refractivity contribution is 0.470. The smallest absolute Gasteiger partial charge is 0.0210 e. The van der Waals surface area contributed by atoms with E-state index in [2.05, 4.69) is 44.3 Å². The van der Waals surface area contributed by atoms with Gasteiger partial charge in [-0.15, -0.1) is 0 Å². The van der Waals surface area contributed by atoms with Gasteiger partial charge in [0.05, 0.1) is 0 Å². The van der Waals surface area contributed by atoms with Crippen LogP contribution >= 0.6 is 0 Å². The van der Waals surface area contributed by atoms with Crippen molar-refractivity contribution in [3.63, 3.8) is 0 Å². The molecular weight excluding hydrogens is 206 g/mol. The quantitative estimate of drug-likeness (QED) is 0.830. The minimum atomic E-state index is 0.911. The van der Waals surface area contributed by atoms with Crippen LogP contribution in [0.25, 0.3) is 0 Å². The van der Waals surface area contributed by atoms with Gasteiger partial charge in [-0.1, -0.05) is 31.5 Å². The molecule has 1 heteroatoms. The molecular formula is C16H25N. The number of hydrogen-bond donors (Lipinski definition) is 1. The van der Waals surface area contributed by atoms with Crippen molar-refractivity contribution in [2.75, 3.05) is 6.54 Å². The highest BCUT2D eigenvalue weighted by atomic mass is 14.9. The van der Waals surface area contributed by atoms with Crippen LogP contribution < -0.4 is 5.32 Å². The van der Waals surface area contributed by atoms with E-state index in [0.29, 0.717) is 0 Å². The van der Waals surface area contributed by atoms with E-state index in [-0.39, 0.29) is 0 Å².